The number of hydrogen-bond acceptors (Lipinski definition) is 5. The predicted octanol–water partition coefficient (Wildman–Crippen LogP) is 4.67. The standard InChI is InChI=1S/C31H37Cl2FN4O4/c1-30(2,3)14-23-31(18-10-9-16(32)13-21(18)37-29(31)41)24(17-6-5-7-19(33)25(17)34)26(38-23)28(40)36-20-11-8-15(27(35)39)12-22(20)42-4/h5-7,9-10,13,15,20,22-24,26,38H,8,11-12,14H2,1-4H3,(H2,35,39)(H,36,40)(H,37,41)/t15?,20?,22?,23-,24-,26+,31+/m0/s1. The molecule has 2 heterocycles. The average Bonchev–Trinajstić information content (AvgIpc) is 3.39. The van der Waals surface area contributed by atoms with Gasteiger partial charge in [-0.3, -0.25) is 14.4 Å². The van der Waals surface area contributed by atoms with Crippen LogP contribution in [0, 0.1) is 17.2 Å². The number of benzene rings is 2. The molecule has 2 aromatic carbocycles. The Morgan fingerprint density at radius 1 is 1.19 bits per heavy atom. The Bertz CT molecular complexity index is 1420. The SMILES string of the molecule is COC1CC(C(N)=O)CCC1NC(=O)[C@@H]1N[C@@H](CC(C)(C)C)[C@@]2(C(=O)Nc3cc(Cl)ccc32)[C@H]1c1cccc(Cl)c1F. The second kappa shape index (κ2) is 11.4. The highest BCUT2D eigenvalue weighted by Gasteiger charge is 2.66. The summed E-state index contributed by atoms with van der Waals surface area (Å²) in [6.45, 7) is 6.17. The molecule has 226 valence electrons. The summed E-state index contributed by atoms with van der Waals surface area (Å²) in [5.74, 6) is -3.09. The van der Waals surface area contributed by atoms with Crippen LogP contribution in [0.4, 0.5) is 10.1 Å². The molecule has 1 saturated carbocycles. The zero-order valence-corrected chi connectivity index (χ0v) is 25.6. The number of fused-ring (bicyclic) bond motifs is 2. The van der Waals surface area contributed by atoms with Crippen molar-refractivity contribution >= 4 is 46.6 Å². The van der Waals surface area contributed by atoms with Gasteiger partial charge < -0.3 is 26.4 Å². The van der Waals surface area contributed by atoms with E-state index in [1.54, 1.807) is 30.3 Å². The van der Waals surface area contributed by atoms with E-state index in [9.17, 15) is 14.4 Å². The molecule has 0 bridgehead atoms. The summed E-state index contributed by atoms with van der Waals surface area (Å²) in [4.78, 5) is 40.4. The first-order valence-electron chi connectivity index (χ1n) is 14.2. The van der Waals surface area contributed by atoms with E-state index in [0.717, 1.165) is 0 Å². The maximum atomic E-state index is 15.9. The lowest BCUT2D eigenvalue weighted by Gasteiger charge is -2.38. The molecule has 3 amide bonds. The van der Waals surface area contributed by atoms with Gasteiger partial charge in [-0.05, 0) is 60.4 Å². The molecule has 5 N–H and O–H groups in total. The number of methoxy groups -OCH3 is 1. The molecule has 3 unspecified atom stereocenters. The Labute approximate surface area is 255 Å². The fourth-order valence-corrected chi connectivity index (χ4v) is 7.59. The van der Waals surface area contributed by atoms with E-state index in [1.165, 1.54) is 13.2 Å². The second-order valence-corrected chi connectivity index (χ2v) is 13.7. The molecule has 8 nitrogen and oxygen atoms in total. The van der Waals surface area contributed by atoms with E-state index in [1.807, 2.05) is 0 Å². The number of primary amides is 1. The normalized spacial score (nSPS) is 30.7. The van der Waals surface area contributed by atoms with Crippen LogP contribution in [0.25, 0.3) is 0 Å². The van der Waals surface area contributed by atoms with Crippen molar-refractivity contribution in [3.05, 3.63) is 63.4 Å². The average molecular weight is 620 g/mol. The van der Waals surface area contributed by atoms with Gasteiger partial charge in [-0.2, -0.15) is 0 Å². The summed E-state index contributed by atoms with van der Waals surface area (Å²) in [6, 6.07) is 7.90. The minimum atomic E-state index is -1.34. The number of ether oxygens (including phenoxy) is 1. The van der Waals surface area contributed by atoms with Gasteiger partial charge in [0.1, 0.15) is 11.2 Å². The minimum Gasteiger partial charge on any atom is -0.379 e. The van der Waals surface area contributed by atoms with E-state index >= 15 is 4.39 Å². The zero-order valence-electron chi connectivity index (χ0n) is 24.1. The molecule has 2 fully saturated rings. The summed E-state index contributed by atoms with van der Waals surface area (Å²) in [5.41, 5.74) is 5.31. The number of carbonyl (C=O) groups excluding carboxylic acids is 3. The first-order chi connectivity index (χ1) is 19.8. The Morgan fingerprint density at radius 2 is 1.93 bits per heavy atom. The van der Waals surface area contributed by atoms with Crippen molar-refractivity contribution in [1.29, 1.82) is 0 Å². The molecule has 0 aromatic heterocycles. The predicted molar refractivity (Wildman–Crippen MR) is 160 cm³/mol. The fraction of sp³-hybridized carbons (Fsp3) is 0.516. The minimum absolute atomic E-state index is 0.0972. The molecule has 0 radical (unpaired) electrons. The number of nitrogens with two attached hydrogens (primary N) is 1. The Hall–Kier alpha value is -2.72. The number of rotatable bonds is 6. The van der Waals surface area contributed by atoms with Gasteiger partial charge in [-0.25, -0.2) is 4.39 Å². The number of hydrogen-bond donors (Lipinski definition) is 4. The van der Waals surface area contributed by atoms with E-state index in [0.29, 0.717) is 42.0 Å². The van der Waals surface area contributed by atoms with Gasteiger partial charge >= 0.3 is 0 Å². The van der Waals surface area contributed by atoms with E-state index in [4.69, 9.17) is 33.7 Å². The lowest BCUT2D eigenvalue weighted by atomic mass is 9.62. The number of anilines is 1. The lowest BCUT2D eigenvalue weighted by molar-refractivity contribution is -0.127. The highest BCUT2D eigenvalue weighted by molar-refractivity contribution is 6.31. The zero-order chi connectivity index (χ0) is 30.6. The van der Waals surface area contributed by atoms with Crippen LogP contribution in [0.2, 0.25) is 10.0 Å². The molecule has 5 rings (SSSR count). The number of amides is 3. The molecule has 42 heavy (non-hydrogen) atoms. The summed E-state index contributed by atoms with van der Waals surface area (Å²) >= 11 is 12.6. The van der Waals surface area contributed by atoms with Crippen molar-refractivity contribution in [2.24, 2.45) is 17.1 Å². The van der Waals surface area contributed by atoms with Crippen LogP contribution in [-0.4, -0.2) is 49.1 Å². The number of nitrogens with one attached hydrogen (secondary N) is 3. The fourth-order valence-electron chi connectivity index (χ4n) is 7.24. The number of carbonyl (C=O) groups is 3. The van der Waals surface area contributed by atoms with E-state index in [-0.39, 0.29) is 27.8 Å². The lowest BCUT2D eigenvalue weighted by Crippen LogP contribution is -2.54. The summed E-state index contributed by atoms with van der Waals surface area (Å²) in [7, 11) is 1.53. The van der Waals surface area contributed by atoms with Gasteiger partial charge in [0, 0.05) is 35.7 Å². The summed E-state index contributed by atoms with van der Waals surface area (Å²) in [5, 5.41) is 9.91. The van der Waals surface area contributed by atoms with Gasteiger partial charge in [-0.15, -0.1) is 0 Å². The molecule has 1 spiro atoms. The van der Waals surface area contributed by atoms with Crippen LogP contribution in [-0.2, 0) is 24.5 Å². The molecule has 7 atom stereocenters. The van der Waals surface area contributed by atoms with Gasteiger partial charge in [-0.1, -0.05) is 62.2 Å². The van der Waals surface area contributed by atoms with Crippen LogP contribution in [0.3, 0.4) is 0 Å². The third-order valence-electron chi connectivity index (χ3n) is 9.05. The molecule has 3 aliphatic rings. The summed E-state index contributed by atoms with van der Waals surface area (Å²) < 4.78 is 21.6. The number of halogens is 3. The van der Waals surface area contributed by atoms with Crippen LogP contribution in [0.15, 0.2) is 36.4 Å². The van der Waals surface area contributed by atoms with Gasteiger partial charge in [0.05, 0.1) is 23.2 Å². The Kier molecular flexibility index (Phi) is 8.35. The van der Waals surface area contributed by atoms with Gasteiger partial charge in [0.2, 0.25) is 17.7 Å². The van der Waals surface area contributed by atoms with Crippen molar-refractivity contribution in [2.45, 2.75) is 82.0 Å². The Balaban J connectivity index is 1.63. The van der Waals surface area contributed by atoms with Crippen LogP contribution < -0.4 is 21.7 Å². The monoisotopic (exact) mass is 618 g/mol. The van der Waals surface area contributed by atoms with Crippen molar-refractivity contribution in [1.82, 2.24) is 10.6 Å². The molecule has 2 aromatic rings. The highest BCUT2D eigenvalue weighted by atomic mass is 35.5. The van der Waals surface area contributed by atoms with E-state index < -0.39 is 53.2 Å². The topological polar surface area (TPSA) is 123 Å². The molecule has 2 aliphatic heterocycles. The van der Waals surface area contributed by atoms with Crippen molar-refractivity contribution in [2.75, 3.05) is 12.4 Å². The van der Waals surface area contributed by atoms with Gasteiger partial charge in [0.15, 0.2) is 0 Å². The second-order valence-electron chi connectivity index (χ2n) is 12.9. The summed E-state index contributed by atoms with van der Waals surface area (Å²) in [6.07, 6.45) is 1.46. The van der Waals surface area contributed by atoms with Crippen LogP contribution in [0.5, 0.6) is 0 Å². The Morgan fingerprint density at radius 3 is 2.60 bits per heavy atom. The van der Waals surface area contributed by atoms with Crippen molar-refractivity contribution < 1.29 is 23.5 Å². The quantitative estimate of drug-likeness (QED) is 0.375. The van der Waals surface area contributed by atoms with Crippen LogP contribution >= 0.6 is 23.2 Å². The molecule has 1 aliphatic carbocycles. The van der Waals surface area contributed by atoms with Gasteiger partial charge in [0.25, 0.3) is 0 Å². The largest absolute Gasteiger partial charge is 0.379 e. The first kappa shape index (κ1) is 30.7. The maximum absolute atomic E-state index is 15.9. The molecular formula is C31H37Cl2FN4O4. The highest BCUT2D eigenvalue weighted by Crippen LogP contribution is 2.57. The first-order valence-corrected chi connectivity index (χ1v) is 15.0. The van der Waals surface area contributed by atoms with Crippen LogP contribution in [0.1, 0.15) is 63.5 Å². The van der Waals surface area contributed by atoms with Crippen molar-refractivity contribution in [3.63, 3.8) is 0 Å². The molecular weight excluding hydrogens is 582 g/mol. The van der Waals surface area contributed by atoms with Crippen molar-refractivity contribution in [3.8, 4) is 0 Å². The molecule has 1 saturated heterocycles. The molecule has 11 heteroatoms. The van der Waals surface area contributed by atoms with E-state index in [2.05, 4.69) is 36.7 Å². The maximum Gasteiger partial charge on any atom is 0.238 e. The smallest absolute Gasteiger partial charge is 0.238 e. The third-order valence-corrected chi connectivity index (χ3v) is 9.57. The third kappa shape index (κ3) is 5.29.